The Balaban J connectivity index is 1.87. The number of benzene rings is 2. The van der Waals surface area contributed by atoms with Crippen LogP contribution in [-0.4, -0.2) is 30.5 Å². The minimum Gasteiger partial charge on any atom is -0.493 e. The fourth-order valence-corrected chi connectivity index (χ4v) is 2.46. The maximum Gasteiger partial charge on any atom is 0.222 e. The molecule has 0 aliphatic heterocycles. The summed E-state index contributed by atoms with van der Waals surface area (Å²) >= 11 is 0. The monoisotopic (exact) mass is 285 g/mol. The maximum atomic E-state index is 11.9. The number of nitrogens with zero attached hydrogens (tertiary/aromatic N) is 1. The molecule has 0 fully saturated rings. The minimum atomic E-state index is 0.210. The summed E-state index contributed by atoms with van der Waals surface area (Å²) in [5, 5.41) is 2.30. The van der Waals surface area contributed by atoms with Gasteiger partial charge in [0.1, 0.15) is 5.75 Å². The van der Waals surface area contributed by atoms with Crippen LogP contribution in [0.2, 0.25) is 0 Å². The Bertz CT molecular complexity index is 585. The first-order valence-electron chi connectivity index (χ1n) is 7.64. The van der Waals surface area contributed by atoms with Gasteiger partial charge in [0.25, 0.3) is 0 Å². The third kappa shape index (κ3) is 3.97. The van der Waals surface area contributed by atoms with Gasteiger partial charge < -0.3 is 9.64 Å². The molecule has 0 saturated carbocycles. The molecule has 0 aliphatic carbocycles. The summed E-state index contributed by atoms with van der Waals surface area (Å²) in [5.74, 6) is 1.10. The van der Waals surface area contributed by atoms with E-state index in [2.05, 4.69) is 18.2 Å². The molecule has 0 heterocycles. The van der Waals surface area contributed by atoms with E-state index in [1.807, 2.05) is 43.0 Å². The van der Waals surface area contributed by atoms with Crippen molar-refractivity contribution in [3.63, 3.8) is 0 Å². The van der Waals surface area contributed by atoms with Crippen LogP contribution in [0, 0.1) is 0 Å². The number of carbonyl (C=O) groups is 1. The van der Waals surface area contributed by atoms with Gasteiger partial charge in [0.05, 0.1) is 6.61 Å². The van der Waals surface area contributed by atoms with E-state index in [1.54, 1.807) is 0 Å². The summed E-state index contributed by atoms with van der Waals surface area (Å²) in [7, 11) is 0. The van der Waals surface area contributed by atoms with Crippen LogP contribution in [-0.2, 0) is 4.79 Å². The first-order valence-corrected chi connectivity index (χ1v) is 7.64. The molecule has 0 saturated heterocycles. The first-order chi connectivity index (χ1) is 10.3. The standard InChI is InChI=1S/C18H23NO2/c1-3-19(4-2)18(20)13-8-14-21-17-12-7-10-15-9-5-6-11-16(15)17/h5-7,9-12H,3-4,8,13-14H2,1-2H3. The van der Waals surface area contributed by atoms with Gasteiger partial charge in [0.15, 0.2) is 0 Å². The Labute approximate surface area is 126 Å². The van der Waals surface area contributed by atoms with Crippen LogP contribution in [0.1, 0.15) is 26.7 Å². The van der Waals surface area contributed by atoms with Crippen LogP contribution in [0.5, 0.6) is 5.75 Å². The molecule has 0 radical (unpaired) electrons. The van der Waals surface area contributed by atoms with Gasteiger partial charge in [0, 0.05) is 24.9 Å². The van der Waals surface area contributed by atoms with Crippen LogP contribution >= 0.6 is 0 Å². The molecule has 1 amide bonds. The lowest BCUT2D eigenvalue weighted by Gasteiger charge is -2.18. The normalized spacial score (nSPS) is 10.6. The SMILES string of the molecule is CCN(CC)C(=O)CCCOc1cccc2ccccc12. The Morgan fingerprint density at radius 2 is 1.76 bits per heavy atom. The maximum absolute atomic E-state index is 11.9. The predicted octanol–water partition coefficient (Wildman–Crippen LogP) is 3.87. The first kappa shape index (κ1) is 15.4. The molecule has 112 valence electrons. The summed E-state index contributed by atoms with van der Waals surface area (Å²) in [6.07, 6.45) is 1.30. The van der Waals surface area contributed by atoms with Crippen molar-refractivity contribution in [1.82, 2.24) is 4.90 Å². The molecule has 0 spiro atoms. The van der Waals surface area contributed by atoms with Crippen LogP contribution in [0.4, 0.5) is 0 Å². The molecule has 2 aromatic rings. The average molecular weight is 285 g/mol. The van der Waals surface area contributed by atoms with Gasteiger partial charge in [-0.3, -0.25) is 4.79 Å². The average Bonchev–Trinajstić information content (AvgIpc) is 2.53. The lowest BCUT2D eigenvalue weighted by Crippen LogP contribution is -2.30. The second-order valence-corrected chi connectivity index (χ2v) is 5.00. The molecule has 0 atom stereocenters. The highest BCUT2D eigenvalue weighted by Gasteiger charge is 2.09. The highest BCUT2D eigenvalue weighted by Crippen LogP contribution is 2.25. The highest BCUT2D eigenvalue weighted by molar-refractivity contribution is 5.88. The van der Waals surface area contributed by atoms with Gasteiger partial charge >= 0.3 is 0 Å². The second-order valence-electron chi connectivity index (χ2n) is 5.00. The fourth-order valence-electron chi connectivity index (χ4n) is 2.46. The zero-order valence-corrected chi connectivity index (χ0v) is 12.8. The molecule has 0 N–H and O–H groups in total. The minimum absolute atomic E-state index is 0.210. The van der Waals surface area contributed by atoms with E-state index >= 15 is 0 Å². The van der Waals surface area contributed by atoms with Gasteiger partial charge in [-0.1, -0.05) is 36.4 Å². The number of hydrogen-bond donors (Lipinski definition) is 0. The number of rotatable bonds is 7. The Morgan fingerprint density at radius 3 is 2.52 bits per heavy atom. The Morgan fingerprint density at radius 1 is 1.05 bits per heavy atom. The summed E-state index contributed by atoms with van der Waals surface area (Å²) in [6, 6.07) is 14.2. The Kier molecular flexibility index (Phi) is 5.61. The van der Waals surface area contributed by atoms with Crippen molar-refractivity contribution in [2.45, 2.75) is 26.7 Å². The molecule has 3 heteroatoms. The topological polar surface area (TPSA) is 29.5 Å². The fraction of sp³-hybridized carbons (Fsp3) is 0.389. The molecule has 0 aromatic heterocycles. The quantitative estimate of drug-likeness (QED) is 0.723. The van der Waals surface area contributed by atoms with Crippen molar-refractivity contribution in [2.75, 3.05) is 19.7 Å². The molecule has 0 unspecified atom stereocenters. The molecule has 3 nitrogen and oxygen atoms in total. The van der Waals surface area contributed by atoms with Crippen LogP contribution in [0.25, 0.3) is 10.8 Å². The molecule has 21 heavy (non-hydrogen) atoms. The third-order valence-corrected chi connectivity index (χ3v) is 3.66. The van der Waals surface area contributed by atoms with E-state index < -0.39 is 0 Å². The van der Waals surface area contributed by atoms with E-state index in [0.29, 0.717) is 13.0 Å². The van der Waals surface area contributed by atoms with E-state index in [4.69, 9.17) is 4.74 Å². The molecular weight excluding hydrogens is 262 g/mol. The zero-order valence-electron chi connectivity index (χ0n) is 12.8. The van der Waals surface area contributed by atoms with Crippen molar-refractivity contribution < 1.29 is 9.53 Å². The summed E-state index contributed by atoms with van der Waals surface area (Å²) < 4.78 is 5.85. The summed E-state index contributed by atoms with van der Waals surface area (Å²) in [5.41, 5.74) is 0. The van der Waals surface area contributed by atoms with Gasteiger partial charge in [0.2, 0.25) is 5.91 Å². The molecule has 2 aromatic carbocycles. The van der Waals surface area contributed by atoms with Crippen molar-refractivity contribution in [2.24, 2.45) is 0 Å². The Hall–Kier alpha value is -2.03. The van der Waals surface area contributed by atoms with Crippen LogP contribution in [0.3, 0.4) is 0 Å². The number of carbonyl (C=O) groups excluding carboxylic acids is 1. The highest BCUT2D eigenvalue weighted by atomic mass is 16.5. The van der Waals surface area contributed by atoms with Gasteiger partial charge in [-0.2, -0.15) is 0 Å². The lowest BCUT2D eigenvalue weighted by atomic mass is 10.1. The molecule has 0 bridgehead atoms. The van der Waals surface area contributed by atoms with Crippen LogP contribution in [0.15, 0.2) is 42.5 Å². The summed E-state index contributed by atoms with van der Waals surface area (Å²) in [4.78, 5) is 13.8. The van der Waals surface area contributed by atoms with Gasteiger partial charge in [-0.05, 0) is 31.7 Å². The molecular formula is C18H23NO2. The number of fused-ring (bicyclic) bond motifs is 1. The molecule has 2 rings (SSSR count). The van der Waals surface area contributed by atoms with Gasteiger partial charge in [-0.15, -0.1) is 0 Å². The van der Waals surface area contributed by atoms with E-state index in [0.717, 1.165) is 30.6 Å². The molecule has 0 aliphatic rings. The van der Waals surface area contributed by atoms with Crippen molar-refractivity contribution in [1.29, 1.82) is 0 Å². The van der Waals surface area contributed by atoms with Crippen molar-refractivity contribution in [3.05, 3.63) is 42.5 Å². The number of amides is 1. The van der Waals surface area contributed by atoms with Crippen molar-refractivity contribution >= 4 is 16.7 Å². The summed E-state index contributed by atoms with van der Waals surface area (Å²) in [6.45, 7) is 6.14. The lowest BCUT2D eigenvalue weighted by molar-refractivity contribution is -0.131. The van der Waals surface area contributed by atoms with Crippen molar-refractivity contribution in [3.8, 4) is 5.75 Å². The van der Waals surface area contributed by atoms with E-state index in [9.17, 15) is 4.79 Å². The van der Waals surface area contributed by atoms with Crippen LogP contribution < -0.4 is 4.74 Å². The number of ether oxygens (including phenoxy) is 1. The third-order valence-electron chi connectivity index (χ3n) is 3.66. The van der Waals surface area contributed by atoms with E-state index in [1.165, 1.54) is 5.39 Å². The second kappa shape index (κ2) is 7.67. The smallest absolute Gasteiger partial charge is 0.222 e. The predicted molar refractivity (Wildman–Crippen MR) is 86.6 cm³/mol. The van der Waals surface area contributed by atoms with E-state index in [-0.39, 0.29) is 5.91 Å². The largest absolute Gasteiger partial charge is 0.493 e. The van der Waals surface area contributed by atoms with Gasteiger partial charge in [-0.25, -0.2) is 0 Å². The number of hydrogen-bond acceptors (Lipinski definition) is 2. The zero-order chi connectivity index (χ0) is 15.1.